The number of ketones is 1. The number of carboxylic acid groups (broad SMARTS) is 1. The van der Waals surface area contributed by atoms with Crippen LogP contribution >= 0.6 is 0 Å². The van der Waals surface area contributed by atoms with Gasteiger partial charge in [0, 0.05) is 19.5 Å². The van der Waals surface area contributed by atoms with Crippen LogP contribution in [0.3, 0.4) is 0 Å². The fourth-order valence-electron chi connectivity index (χ4n) is 1.95. The molecule has 0 aromatic heterocycles. The Kier molecular flexibility index (Phi) is 3.12. The molecule has 84 valence electrons. The summed E-state index contributed by atoms with van der Waals surface area (Å²) in [6, 6.07) is 0. The van der Waals surface area contributed by atoms with E-state index in [1.165, 1.54) is 4.90 Å². The van der Waals surface area contributed by atoms with Gasteiger partial charge in [-0.25, -0.2) is 0 Å². The highest BCUT2D eigenvalue weighted by Crippen LogP contribution is 2.31. The normalized spacial score (nSPS) is 26.9. The van der Waals surface area contributed by atoms with E-state index in [9.17, 15) is 14.4 Å². The van der Waals surface area contributed by atoms with Gasteiger partial charge in [-0.05, 0) is 13.3 Å². The lowest BCUT2D eigenvalue weighted by molar-refractivity contribution is -0.168. The molecule has 0 aromatic rings. The van der Waals surface area contributed by atoms with Gasteiger partial charge in [0.25, 0.3) is 0 Å². The van der Waals surface area contributed by atoms with Crippen molar-refractivity contribution in [2.75, 3.05) is 13.1 Å². The van der Waals surface area contributed by atoms with E-state index in [1.807, 2.05) is 0 Å². The first-order valence-corrected chi connectivity index (χ1v) is 5.06. The van der Waals surface area contributed by atoms with Gasteiger partial charge in [0.2, 0.25) is 11.3 Å². The minimum absolute atomic E-state index is 0.0243. The third kappa shape index (κ3) is 1.52. The molecule has 1 aliphatic heterocycles. The Hall–Kier alpha value is -1.39. The van der Waals surface area contributed by atoms with Gasteiger partial charge >= 0.3 is 5.97 Å². The number of carbonyl (C=O) groups excluding carboxylic acids is 2. The number of piperidine rings is 1. The van der Waals surface area contributed by atoms with Crippen molar-refractivity contribution in [3.05, 3.63) is 0 Å². The van der Waals surface area contributed by atoms with Gasteiger partial charge in [0.15, 0.2) is 5.78 Å². The zero-order valence-corrected chi connectivity index (χ0v) is 8.95. The predicted molar refractivity (Wildman–Crippen MR) is 52.2 cm³/mol. The number of likely N-dealkylation sites (tertiary alicyclic amines) is 1. The summed E-state index contributed by atoms with van der Waals surface area (Å²) in [6.45, 7) is 4.11. The van der Waals surface area contributed by atoms with Crippen LogP contribution in [0, 0.1) is 5.41 Å². The summed E-state index contributed by atoms with van der Waals surface area (Å²) in [5.41, 5.74) is -1.83. The molecule has 1 atom stereocenters. The van der Waals surface area contributed by atoms with Crippen molar-refractivity contribution in [1.29, 1.82) is 0 Å². The highest BCUT2D eigenvalue weighted by Gasteiger charge is 2.54. The van der Waals surface area contributed by atoms with Crippen molar-refractivity contribution in [2.45, 2.75) is 26.7 Å². The quantitative estimate of drug-likeness (QED) is 0.684. The number of amides is 1. The monoisotopic (exact) mass is 213 g/mol. The van der Waals surface area contributed by atoms with Crippen LogP contribution < -0.4 is 0 Å². The Balaban J connectivity index is 3.15. The number of nitrogens with zero attached hydrogens (tertiary/aromatic N) is 1. The Morgan fingerprint density at radius 2 is 2.07 bits per heavy atom. The maximum atomic E-state index is 11.9. The molecular formula is C10H15NO4. The topological polar surface area (TPSA) is 74.7 Å². The average Bonchev–Trinajstić information content (AvgIpc) is 2.19. The second-order valence-electron chi connectivity index (χ2n) is 3.62. The SMILES string of the molecule is CCN1CCC(=O)C(CC)(C(=O)O)C1=O. The van der Waals surface area contributed by atoms with Gasteiger partial charge in [0.1, 0.15) is 0 Å². The molecule has 1 unspecified atom stereocenters. The molecule has 0 bridgehead atoms. The fourth-order valence-corrected chi connectivity index (χ4v) is 1.95. The van der Waals surface area contributed by atoms with Crippen LogP contribution in [0.4, 0.5) is 0 Å². The van der Waals surface area contributed by atoms with E-state index in [0.29, 0.717) is 13.1 Å². The van der Waals surface area contributed by atoms with Crippen molar-refractivity contribution < 1.29 is 19.5 Å². The molecule has 1 amide bonds. The molecule has 0 aliphatic carbocycles. The lowest BCUT2D eigenvalue weighted by atomic mass is 9.75. The van der Waals surface area contributed by atoms with Crippen molar-refractivity contribution in [3.63, 3.8) is 0 Å². The first-order chi connectivity index (χ1) is 7.00. The van der Waals surface area contributed by atoms with Gasteiger partial charge in [-0.3, -0.25) is 14.4 Å². The van der Waals surface area contributed by atoms with Gasteiger partial charge < -0.3 is 10.0 Å². The second-order valence-corrected chi connectivity index (χ2v) is 3.62. The van der Waals surface area contributed by atoms with Crippen LogP contribution in [0.5, 0.6) is 0 Å². The molecule has 1 saturated heterocycles. The molecule has 1 heterocycles. The first-order valence-electron chi connectivity index (χ1n) is 5.06. The Morgan fingerprint density at radius 1 is 1.47 bits per heavy atom. The molecule has 0 saturated carbocycles. The Morgan fingerprint density at radius 3 is 2.47 bits per heavy atom. The number of carboxylic acids is 1. The largest absolute Gasteiger partial charge is 0.480 e. The van der Waals surface area contributed by atoms with E-state index in [2.05, 4.69) is 0 Å². The molecule has 0 radical (unpaired) electrons. The molecule has 1 aliphatic rings. The van der Waals surface area contributed by atoms with Crippen molar-refractivity contribution in [2.24, 2.45) is 5.41 Å². The summed E-state index contributed by atoms with van der Waals surface area (Å²) >= 11 is 0. The molecule has 5 nitrogen and oxygen atoms in total. The van der Waals surface area contributed by atoms with E-state index >= 15 is 0 Å². The lowest BCUT2D eigenvalue weighted by Gasteiger charge is -2.36. The summed E-state index contributed by atoms with van der Waals surface area (Å²) in [7, 11) is 0. The summed E-state index contributed by atoms with van der Waals surface area (Å²) in [4.78, 5) is 36.1. The zero-order chi connectivity index (χ0) is 11.6. The standard InChI is InChI=1S/C10H15NO4/c1-3-10(9(14)15)7(12)5-6-11(4-2)8(10)13/h3-6H2,1-2H3,(H,14,15). The Bertz CT molecular complexity index is 313. The van der Waals surface area contributed by atoms with Crippen LogP contribution in [-0.4, -0.2) is 40.8 Å². The number of hydrogen-bond acceptors (Lipinski definition) is 3. The molecular weight excluding hydrogens is 198 g/mol. The molecule has 0 aromatic carbocycles. The van der Waals surface area contributed by atoms with Gasteiger partial charge in [-0.15, -0.1) is 0 Å². The molecule has 15 heavy (non-hydrogen) atoms. The minimum Gasteiger partial charge on any atom is -0.480 e. The molecule has 5 heteroatoms. The van der Waals surface area contributed by atoms with Crippen LogP contribution in [0.2, 0.25) is 0 Å². The summed E-state index contributed by atoms with van der Waals surface area (Å²) < 4.78 is 0. The first kappa shape index (κ1) is 11.7. The average molecular weight is 213 g/mol. The number of hydrogen-bond donors (Lipinski definition) is 1. The Labute approximate surface area is 88.1 Å². The number of carbonyl (C=O) groups is 3. The number of rotatable bonds is 3. The molecule has 1 rings (SSSR count). The van der Waals surface area contributed by atoms with Crippen LogP contribution in [-0.2, 0) is 14.4 Å². The summed E-state index contributed by atoms with van der Waals surface area (Å²) in [5, 5.41) is 9.07. The van der Waals surface area contributed by atoms with Crippen LogP contribution in [0.15, 0.2) is 0 Å². The van der Waals surface area contributed by atoms with Crippen molar-refractivity contribution >= 4 is 17.7 Å². The van der Waals surface area contributed by atoms with Crippen molar-refractivity contribution in [1.82, 2.24) is 4.90 Å². The third-order valence-electron chi connectivity index (χ3n) is 3.01. The highest BCUT2D eigenvalue weighted by molar-refractivity contribution is 6.22. The van der Waals surface area contributed by atoms with Crippen LogP contribution in [0.1, 0.15) is 26.7 Å². The van der Waals surface area contributed by atoms with Crippen LogP contribution in [0.25, 0.3) is 0 Å². The van der Waals surface area contributed by atoms with E-state index in [0.717, 1.165) is 0 Å². The summed E-state index contributed by atoms with van der Waals surface area (Å²) in [6.07, 6.45) is 0.163. The van der Waals surface area contributed by atoms with E-state index in [4.69, 9.17) is 5.11 Å². The van der Waals surface area contributed by atoms with Gasteiger partial charge in [-0.1, -0.05) is 6.92 Å². The summed E-state index contributed by atoms with van der Waals surface area (Å²) in [5.74, 6) is -2.35. The number of Topliss-reactive ketones (excluding diaryl/α,β-unsaturated/α-hetero) is 1. The van der Waals surface area contributed by atoms with Gasteiger partial charge in [-0.2, -0.15) is 0 Å². The lowest BCUT2D eigenvalue weighted by Crippen LogP contribution is -2.57. The second kappa shape index (κ2) is 4.00. The fraction of sp³-hybridized carbons (Fsp3) is 0.700. The van der Waals surface area contributed by atoms with E-state index in [-0.39, 0.29) is 12.8 Å². The highest BCUT2D eigenvalue weighted by atomic mass is 16.4. The van der Waals surface area contributed by atoms with E-state index < -0.39 is 23.1 Å². The minimum atomic E-state index is -1.83. The third-order valence-corrected chi connectivity index (χ3v) is 3.01. The van der Waals surface area contributed by atoms with Gasteiger partial charge in [0.05, 0.1) is 0 Å². The maximum absolute atomic E-state index is 11.9. The number of aliphatic carboxylic acids is 1. The van der Waals surface area contributed by atoms with Crippen molar-refractivity contribution in [3.8, 4) is 0 Å². The zero-order valence-electron chi connectivity index (χ0n) is 8.95. The van der Waals surface area contributed by atoms with E-state index in [1.54, 1.807) is 13.8 Å². The maximum Gasteiger partial charge on any atom is 0.326 e. The molecule has 1 fully saturated rings. The molecule has 1 N–H and O–H groups in total. The smallest absolute Gasteiger partial charge is 0.326 e. The predicted octanol–water partition coefficient (Wildman–Crippen LogP) is 0.289. The molecule has 0 spiro atoms.